The first-order chi connectivity index (χ1) is 17.2. The minimum atomic E-state index is -0.0266. The number of carbonyl (C=O) groups excluding carboxylic acids is 1. The first-order valence-electron chi connectivity index (χ1n) is 12.2. The van der Waals surface area contributed by atoms with Gasteiger partial charge in [0.25, 0.3) is 0 Å². The SMILES string of the molecule is O=C1CC(c2ccccc2)CC(=NCCc2ccccc2)/C1=C(\O)Cc1cccc2ccccc12. The van der Waals surface area contributed by atoms with Gasteiger partial charge in [0.2, 0.25) is 0 Å². The second kappa shape index (κ2) is 10.5. The average Bonchev–Trinajstić information content (AvgIpc) is 2.90. The van der Waals surface area contributed by atoms with Crippen molar-refractivity contribution in [2.24, 2.45) is 4.99 Å². The van der Waals surface area contributed by atoms with Crippen LogP contribution in [-0.2, 0) is 17.6 Å². The number of fused-ring (bicyclic) bond motifs is 1. The van der Waals surface area contributed by atoms with Gasteiger partial charge in [0.1, 0.15) is 5.76 Å². The topological polar surface area (TPSA) is 49.7 Å². The number of Topliss-reactive ketones (excluding diaryl/α,β-unsaturated/α-hetero) is 1. The van der Waals surface area contributed by atoms with Gasteiger partial charge >= 0.3 is 0 Å². The Hall–Kier alpha value is -3.98. The maximum Gasteiger partial charge on any atom is 0.168 e. The third-order valence-corrected chi connectivity index (χ3v) is 6.78. The molecule has 35 heavy (non-hydrogen) atoms. The summed E-state index contributed by atoms with van der Waals surface area (Å²) in [6.07, 6.45) is 2.15. The number of ketones is 1. The Balaban J connectivity index is 1.47. The van der Waals surface area contributed by atoms with Crippen molar-refractivity contribution < 1.29 is 9.90 Å². The molecule has 1 aliphatic carbocycles. The van der Waals surface area contributed by atoms with E-state index in [1.807, 2.05) is 60.7 Å². The van der Waals surface area contributed by atoms with Crippen LogP contribution >= 0.6 is 0 Å². The molecule has 174 valence electrons. The third kappa shape index (κ3) is 5.25. The highest BCUT2D eigenvalue weighted by atomic mass is 16.3. The van der Waals surface area contributed by atoms with Gasteiger partial charge in [0, 0.05) is 25.1 Å². The summed E-state index contributed by atoms with van der Waals surface area (Å²) in [7, 11) is 0. The number of rotatable bonds is 6. The monoisotopic (exact) mass is 459 g/mol. The zero-order valence-electron chi connectivity index (χ0n) is 19.7. The second-order valence-electron chi connectivity index (χ2n) is 9.14. The molecule has 0 bridgehead atoms. The van der Waals surface area contributed by atoms with Gasteiger partial charge in [-0.05, 0) is 46.2 Å². The maximum absolute atomic E-state index is 13.4. The van der Waals surface area contributed by atoms with E-state index in [0.29, 0.717) is 31.4 Å². The normalized spacial score (nSPS) is 18.7. The van der Waals surface area contributed by atoms with E-state index < -0.39 is 0 Å². The van der Waals surface area contributed by atoms with Crippen molar-refractivity contribution in [3.05, 3.63) is 131 Å². The molecule has 0 spiro atoms. The van der Waals surface area contributed by atoms with E-state index in [1.54, 1.807) is 0 Å². The zero-order chi connectivity index (χ0) is 24.0. The van der Waals surface area contributed by atoms with Gasteiger partial charge in [0.15, 0.2) is 5.78 Å². The van der Waals surface area contributed by atoms with E-state index >= 15 is 0 Å². The number of nitrogens with zero attached hydrogens (tertiary/aromatic N) is 1. The summed E-state index contributed by atoms with van der Waals surface area (Å²) in [6.45, 7) is 0.583. The van der Waals surface area contributed by atoms with Crippen molar-refractivity contribution in [1.29, 1.82) is 0 Å². The van der Waals surface area contributed by atoms with Crippen LogP contribution in [0.15, 0.2) is 119 Å². The number of hydrogen-bond donors (Lipinski definition) is 1. The van der Waals surface area contributed by atoms with Crippen LogP contribution in [0.25, 0.3) is 10.8 Å². The van der Waals surface area contributed by atoms with Gasteiger partial charge < -0.3 is 5.11 Å². The molecule has 4 aromatic rings. The van der Waals surface area contributed by atoms with E-state index in [0.717, 1.165) is 34.0 Å². The van der Waals surface area contributed by atoms with Crippen LogP contribution in [-0.4, -0.2) is 23.1 Å². The molecule has 0 amide bonds. The Kier molecular flexibility index (Phi) is 6.85. The van der Waals surface area contributed by atoms with Crippen molar-refractivity contribution >= 4 is 22.3 Å². The summed E-state index contributed by atoms with van der Waals surface area (Å²) in [4.78, 5) is 18.3. The van der Waals surface area contributed by atoms with Crippen LogP contribution in [0.1, 0.15) is 35.4 Å². The lowest BCUT2D eigenvalue weighted by molar-refractivity contribution is -0.115. The van der Waals surface area contributed by atoms with E-state index in [2.05, 4.69) is 42.5 Å². The van der Waals surface area contributed by atoms with Crippen LogP contribution in [0, 0.1) is 0 Å². The standard InChI is InChI=1S/C32H29NO2/c34-30(21-26-16-9-15-25-14-7-8-17-28(25)26)32-29(33-19-18-23-10-3-1-4-11-23)20-27(22-31(32)35)24-12-5-2-6-13-24/h1-17,27,34H,18-22H2/b32-30+,33-29?. The fourth-order valence-corrected chi connectivity index (χ4v) is 5.01. The van der Waals surface area contributed by atoms with Crippen LogP contribution < -0.4 is 0 Å². The van der Waals surface area contributed by atoms with Gasteiger partial charge in [0.05, 0.1) is 5.57 Å². The molecular weight excluding hydrogens is 430 g/mol. The lowest BCUT2D eigenvalue weighted by Crippen LogP contribution is -2.27. The number of carbonyl (C=O) groups is 1. The molecule has 5 rings (SSSR count). The Bertz CT molecular complexity index is 1380. The van der Waals surface area contributed by atoms with Crippen LogP contribution in [0.4, 0.5) is 0 Å². The maximum atomic E-state index is 13.4. The van der Waals surface area contributed by atoms with Crippen LogP contribution in [0.5, 0.6) is 0 Å². The zero-order valence-corrected chi connectivity index (χ0v) is 19.7. The molecule has 1 saturated carbocycles. The van der Waals surface area contributed by atoms with Gasteiger partial charge in [-0.25, -0.2) is 0 Å². The highest BCUT2D eigenvalue weighted by Gasteiger charge is 2.32. The fraction of sp³-hybridized carbons (Fsp3) is 0.188. The molecule has 1 aliphatic rings. The van der Waals surface area contributed by atoms with E-state index in [-0.39, 0.29) is 17.5 Å². The first-order valence-corrected chi connectivity index (χ1v) is 12.2. The summed E-state index contributed by atoms with van der Waals surface area (Å²) in [5.74, 6) is 0.172. The lowest BCUT2D eigenvalue weighted by atomic mass is 9.78. The van der Waals surface area contributed by atoms with Crippen LogP contribution in [0.3, 0.4) is 0 Å². The van der Waals surface area contributed by atoms with E-state index in [9.17, 15) is 9.90 Å². The molecule has 3 nitrogen and oxygen atoms in total. The van der Waals surface area contributed by atoms with E-state index in [1.165, 1.54) is 5.56 Å². The smallest absolute Gasteiger partial charge is 0.168 e. The minimum Gasteiger partial charge on any atom is -0.511 e. The van der Waals surface area contributed by atoms with Crippen molar-refractivity contribution in [2.75, 3.05) is 6.54 Å². The number of hydrogen-bond acceptors (Lipinski definition) is 3. The van der Waals surface area contributed by atoms with Gasteiger partial charge in [-0.1, -0.05) is 103 Å². The molecule has 0 saturated heterocycles. The largest absolute Gasteiger partial charge is 0.511 e. The fourth-order valence-electron chi connectivity index (χ4n) is 5.01. The second-order valence-corrected chi connectivity index (χ2v) is 9.14. The average molecular weight is 460 g/mol. The molecule has 1 N–H and O–H groups in total. The van der Waals surface area contributed by atoms with Crippen molar-refractivity contribution in [2.45, 2.75) is 31.6 Å². The molecule has 1 unspecified atom stereocenters. The minimum absolute atomic E-state index is 0.0266. The number of aliphatic hydroxyl groups is 1. The molecule has 0 heterocycles. The molecule has 0 radical (unpaired) electrons. The lowest BCUT2D eigenvalue weighted by Gasteiger charge is -2.26. The molecule has 0 aliphatic heterocycles. The molecule has 3 heteroatoms. The molecule has 1 atom stereocenters. The highest BCUT2D eigenvalue weighted by molar-refractivity contribution is 6.24. The summed E-state index contributed by atoms with van der Waals surface area (Å²) < 4.78 is 0. The quantitative estimate of drug-likeness (QED) is 0.249. The van der Waals surface area contributed by atoms with E-state index in [4.69, 9.17) is 4.99 Å². The van der Waals surface area contributed by atoms with Crippen molar-refractivity contribution in [1.82, 2.24) is 0 Å². The van der Waals surface area contributed by atoms with Crippen molar-refractivity contribution in [3.8, 4) is 0 Å². The Morgan fingerprint density at radius 2 is 1.49 bits per heavy atom. The van der Waals surface area contributed by atoms with Crippen LogP contribution in [0.2, 0.25) is 0 Å². The Morgan fingerprint density at radius 3 is 2.29 bits per heavy atom. The van der Waals surface area contributed by atoms with Gasteiger partial charge in [-0.3, -0.25) is 9.79 Å². The first kappa shape index (κ1) is 22.8. The Morgan fingerprint density at radius 1 is 0.800 bits per heavy atom. The molecule has 1 fully saturated rings. The third-order valence-electron chi connectivity index (χ3n) is 6.78. The predicted molar refractivity (Wildman–Crippen MR) is 143 cm³/mol. The molecular formula is C32H29NO2. The summed E-state index contributed by atoms with van der Waals surface area (Å²) in [5.41, 5.74) is 4.50. The highest BCUT2D eigenvalue weighted by Crippen LogP contribution is 2.34. The number of aliphatic imine (C=N–C) groups is 1. The number of benzene rings is 4. The molecule has 0 aromatic heterocycles. The Labute approximate surface area is 206 Å². The van der Waals surface area contributed by atoms with Gasteiger partial charge in [-0.15, -0.1) is 0 Å². The molecule has 4 aromatic carbocycles. The summed E-state index contributed by atoms with van der Waals surface area (Å²) >= 11 is 0. The number of aliphatic hydroxyl groups excluding tert-OH is 1. The summed E-state index contributed by atoms with van der Waals surface area (Å²) in [6, 6.07) is 34.6. The summed E-state index contributed by atoms with van der Waals surface area (Å²) in [5, 5.41) is 13.5. The predicted octanol–water partition coefficient (Wildman–Crippen LogP) is 7.02. The number of allylic oxidation sites excluding steroid dienone is 2. The van der Waals surface area contributed by atoms with Gasteiger partial charge in [-0.2, -0.15) is 0 Å². The van der Waals surface area contributed by atoms with Crippen molar-refractivity contribution in [3.63, 3.8) is 0 Å².